The molecule has 0 saturated heterocycles. The Hall–Kier alpha value is 0.0900. The molecule has 15 heavy (non-hydrogen) atoms. The lowest BCUT2D eigenvalue weighted by Gasteiger charge is -2.09. The van der Waals surface area contributed by atoms with Crippen LogP contribution in [0, 0.1) is 0 Å². The van der Waals surface area contributed by atoms with Gasteiger partial charge in [0.1, 0.15) is 0 Å². The van der Waals surface area contributed by atoms with Crippen LogP contribution in [-0.2, 0) is 10.0 Å². The van der Waals surface area contributed by atoms with Crippen LogP contribution in [0.4, 0.5) is 0 Å². The second-order valence-electron chi connectivity index (χ2n) is 3.06. The van der Waals surface area contributed by atoms with Crippen molar-refractivity contribution in [2.24, 2.45) is 0 Å². The number of halogens is 2. The molecule has 84 valence electrons. The molecule has 1 atom stereocenters. The Balaban J connectivity index is 2.92. The maximum atomic E-state index is 11.8. The molecule has 0 amide bonds. The van der Waals surface area contributed by atoms with Gasteiger partial charge in [-0.2, -0.15) is 0 Å². The fourth-order valence-corrected chi connectivity index (χ4v) is 3.47. The molecule has 0 saturated carbocycles. The Labute approximate surface area is 107 Å². The first-order valence-corrected chi connectivity index (χ1v) is 7.51. The molecule has 1 aromatic rings. The molecule has 0 aliphatic carbocycles. The molecule has 0 aliphatic rings. The van der Waals surface area contributed by atoms with Gasteiger partial charge in [0.2, 0.25) is 10.0 Å². The van der Waals surface area contributed by atoms with Crippen LogP contribution in [0.3, 0.4) is 0 Å². The SMILES string of the molecule is CC(Br)CNS(=O)(=O)c1ccccc1Br. The van der Waals surface area contributed by atoms with Crippen molar-refractivity contribution in [2.75, 3.05) is 6.54 Å². The highest BCUT2D eigenvalue weighted by atomic mass is 79.9. The molecule has 0 aromatic heterocycles. The van der Waals surface area contributed by atoms with Crippen molar-refractivity contribution in [3.63, 3.8) is 0 Å². The van der Waals surface area contributed by atoms with E-state index in [9.17, 15) is 8.42 Å². The van der Waals surface area contributed by atoms with E-state index in [0.717, 1.165) is 0 Å². The predicted octanol–water partition coefficient (Wildman–Crippen LogP) is 2.51. The quantitative estimate of drug-likeness (QED) is 0.842. The number of benzene rings is 1. The third-order valence-electron chi connectivity index (χ3n) is 1.68. The molecule has 0 bridgehead atoms. The van der Waals surface area contributed by atoms with Crippen LogP contribution in [0.2, 0.25) is 0 Å². The number of hydrogen-bond acceptors (Lipinski definition) is 2. The summed E-state index contributed by atoms with van der Waals surface area (Å²) in [5, 5.41) is 0. The summed E-state index contributed by atoms with van der Waals surface area (Å²) in [6.45, 7) is 2.24. The van der Waals surface area contributed by atoms with E-state index >= 15 is 0 Å². The Kier molecular flexibility index (Phi) is 4.76. The standard InChI is InChI=1S/C9H11Br2NO2S/c1-7(10)6-12-15(13,14)9-5-3-2-4-8(9)11/h2-5,7,12H,6H2,1H3. The molecule has 3 nitrogen and oxygen atoms in total. The molecule has 0 radical (unpaired) electrons. The zero-order valence-corrected chi connectivity index (χ0v) is 12.1. The number of sulfonamides is 1. The third-order valence-corrected chi connectivity index (χ3v) is 4.44. The smallest absolute Gasteiger partial charge is 0.210 e. The molecular weight excluding hydrogens is 346 g/mol. The van der Waals surface area contributed by atoms with E-state index in [4.69, 9.17) is 0 Å². The predicted molar refractivity (Wildman–Crippen MR) is 67.7 cm³/mol. The van der Waals surface area contributed by atoms with Gasteiger partial charge in [-0.1, -0.05) is 35.0 Å². The average Bonchev–Trinajstić information content (AvgIpc) is 2.15. The summed E-state index contributed by atoms with van der Waals surface area (Å²) in [6, 6.07) is 6.73. The lowest BCUT2D eigenvalue weighted by molar-refractivity contribution is 0.581. The summed E-state index contributed by atoms with van der Waals surface area (Å²) in [7, 11) is -3.41. The minimum Gasteiger partial charge on any atom is -0.210 e. The molecule has 0 fully saturated rings. The number of nitrogens with one attached hydrogen (secondary N) is 1. The minimum absolute atomic E-state index is 0.106. The first-order chi connectivity index (χ1) is 6.93. The van der Waals surface area contributed by atoms with Crippen molar-refractivity contribution >= 4 is 41.9 Å². The second-order valence-corrected chi connectivity index (χ2v) is 7.22. The molecule has 6 heteroatoms. The van der Waals surface area contributed by atoms with Gasteiger partial charge < -0.3 is 0 Å². The zero-order valence-electron chi connectivity index (χ0n) is 8.07. The normalized spacial score (nSPS) is 13.8. The number of hydrogen-bond donors (Lipinski definition) is 1. The molecule has 1 N–H and O–H groups in total. The molecule has 1 aromatic carbocycles. The summed E-state index contributed by atoms with van der Waals surface area (Å²) in [5.41, 5.74) is 0. The van der Waals surface area contributed by atoms with E-state index in [-0.39, 0.29) is 9.72 Å². The van der Waals surface area contributed by atoms with Gasteiger partial charge in [0, 0.05) is 15.8 Å². The van der Waals surface area contributed by atoms with Gasteiger partial charge in [-0.3, -0.25) is 0 Å². The van der Waals surface area contributed by atoms with Gasteiger partial charge in [0.05, 0.1) is 4.90 Å². The fraction of sp³-hybridized carbons (Fsp3) is 0.333. The van der Waals surface area contributed by atoms with Crippen molar-refractivity contribution in [1.82, 2.24) is 4.72 Å². The lowest BCUT2D eigenvalue weighted by atomic mass is 10.4. The van der Waals surface area contributed by atoms with Crippen molar-refractivity contribution in [2.45, 2.75) is 16.6 Å². The zero-order chi connectivity index (χ0) is 11.5. The lowest BCUT2D eigenvalue weighted by Crippen LogP contribution is -2.28. The van der Waals surface area contributed by atoms with Crippen LogP contribution in [0.1, 0.15) is 6.92 Å². The van der Waals surface area contributed by atoms with Crippen LogP contribution in [0.15, 0.2) is 33.6 Å². The molecule has 0 aliphatic heterocycles. The average molecular weight is 357 g/mol. The molecular formula is C9H11Br2NO2S. The largest absolute Gasteiger partial charge is 0.241 e. The topological polar surface area (TPSA) is 46.2 Å². The van der Waals surface area contributed by atoms with Crippen molar-refractivity contribution < 1.29 is 8.42 Å². The van der Waals surface area contributed by atoms with E-state index in [1.807, 2.05) is 6.92 Å². The second kappa shape index (κ2) is 5.43. The van der Waals surface area contributed by atoms with Gasteiger partial charge in [-0.05, 0) is 28.1 Å². The van der Waals surface area contributed by atoms with Crippen molar-refractivity contribution in [1.29, 1.82) is 0 Å². The Morgan fingerprint density at radius 1 is 1.40 bits per heavy atom. The summed E-state index contributed by atoms with van der Waals surface area (Å²) in [4.78, 5) is 0.368. The maximum Gasteiger partial charge on any atom is 0.241 e. The van der Waals surface area contributed by atoms with Gasteiger partial charge in [-0.15, -0.1) is 0 Å². The van der Waals surface area contributed by atoms with Gasteiger partial charge in [0.25, 0.3) is 0 Å². The highest BCUT2D eigenvalue weighted by Crippen LogP contribution is 2.20. The Morgan fingerprint density at radius 3 is 2.53 bits per heavy atom. The summed E-state index contributed by atoms with van der Waals surface area (Å²) in [5.74, 6) is 0. The van der Waals surface area contributed by atoms with Gasteiger partial charge >= 0.3 is 0 Å². The molecule has 0 heterocycles. The van der Waals surface area contributed by atoms with E-state index in [1.165, 1.54) is 0 Å². The number of rotatable bonds is 4. The Morgan fingerprint density at radius 2 is 2.00 bits per heavy atom. The van der Waals surface area contributed by atoms with E-state index < -0.39 is 10.0 Å². The van der Waals surface area contributed by atoms with Gasteiger partial charge in [0.15, 0.2) is 0 Å². The Bertz CT molecular complexity index is 431. The summed E-state index contributed by atoms with van der Waals surface area (Å²) < 4.78 is 26.7. The highest BCUT2D eigenvalue weighted by molar-refractivity contribution is 9.10. The minimum atomic E-state index is -3.41. The van der Waals surface area contributed by atoms with Crippen molar-refractivity contribution in [3.05, 3.63) is 28.7 Å². The van der Waals surface area contributed by atoms with E-state index in [2.05, 4.69) is 36.6 Å². The summed E-state index contributed by atoms with van der Waals surface area (Å²) in [6.07, 6.45) is 0. The first kappa shape index (κ1) is 13.2. The first-order valence-electron chi connectivity index (χ1n) is 4.32. The van der Waals surface area contributed by atoms with Crippen molar-refractivity contribution in [3.8, 4) is 0 Å². The van der Waals surface area contributed by atoms with Gasteiger partial charge in [-0.25, -0.2) is 13.1 Å². The van der Waals surface area contributed by atoms with Crippen LogP contribution in [-0.4, -0.2) is 19.8 Å². The van der Waals surface area contributed by atoms with Crippen LogP contribution < -0.4 is 4.72 Å². The van der Waals surface area contributed by atoms with E-state index in [0.29, 0.717) is 11.0 Å². The fourth-order valence-electron chi connectivity index (χ4n) is 0.965. The van der Waals surface area contributed by atoms with Crippen LogP contribution in [0.5, 0.6) is 0 Å². The molecule has 1 rings (SSSR count). The molecule has 0 spiro atoms. The third kappa shape index (κ3) is 3.86. The number of alkyl halides is 1. The monoisotopic (exact) mass is 355 g/mol. The molecule has 1 unspecified atom stereocenters. The van der Waals surface area contributed by atoms with E-state index in [1.54, 1.807) is 24.3 Å². The maximum absolute atomic E-state index is 11.8. The van der Waals surface area contributed by atoms with Crippen LogP contribution in [0.25, 0.3) is 0 Å². The highest BCUT2D eigenvalue weighted by Gasteiger charge is 2.16. The summed E-state index contributed by atoms with van der Waals surface area (Å²) >= 11 is 6.49. The van der Waals surface area contributed by atoms with Crippen LogP contribution >= 0.6 is 31.9 Å².